The van der Waals surface area contributed by atoms with Crippen molar-refractivity contribution in [2.24, 2.45) is 0 Å². The van der Waals surface area contributed by atoms with Gasteiger partial charge in [0.05, 0.1) is 26.9 Å². The Morgan fingerprint density at radius 3 is 2.21 bits per heavy atom. The molecule has 0 amide bonds. The second-order valence-electron chi connectivity index (χ2n) is 5.17. The van der Waals surface area contributed by atoms with Crippen molar-refractivity contribution in [3.8, 4) is 17.2 Å². The molecule has 0 heterocycles. The molecule has 0 radical (unpaired) electrons. The van der Waals surface area contributed by atoms with Gasteiger partial charge < -0.3 is 24.6 Å². The molecule has 0 spiro atoms. The number of carbonyl (C=O) groups is 1. The monoisotopic (exact) mass is 331 g/mol. The summed E-state index contributed by atoms with van der Waals surface area (Å²) in [5, 5.41) is 12.4. The van der Waals surface area contributed by atoms with E-state index >= 15 is 0 Å². The maximum absolute atomic E-state index is 11.2. The minimum Gasteiger partial charge on any atom is -0.493 e. The molecule has 6 nitrogen and oxygen atoms in total. The van der Waals surface area contributed by atoms with Gasteiger partial charge in [-0.25, -0.2) is 4.79 Å². The van der Waals surface area contributed by atoms with E-state index in [0.29, 0.717) is 29.4 Å². The van der Waals surface area contributed by atoms with Crippen LogP contribution in [0.25, 0.3) is 0 Å². The molecule has 0 fully saturated rings. The maximum atomic E-state index is 11.2. The fourth-order valence-electron chi connectivity index (χ4n) is 2.49. The molecule has 0 unspecified atom stereocenters. The van der Waals surface area contributed by atoms with Gasteiger partial charge in [-0.1, -0.05) is 6.07 Å². The summed E-state index contributed by atoms with van der Waals surface area (Å²) in [6.45, 7) is 2.27. The highest BCUT2D eigenvalue weighted by Crippen LogP contribution is 2.38. The minimum atomic E-state index is -0.941. The molecule has 0 aliphatic carbocycles. The quantitative estimate of drug-likeness (QED) is 0.810. The van der Waals surface area contributed by atoms with E-state index in [1.54, 1.807) is 40.4 Å². The molecule has 2 N–H and O–H groups in total. The average molecular weight is 331 g/mol. The summed E-state index contributed by atoms with van der Waals surface area (Å²) in [6, 6.07) is 8.85. The molecule has 0 aliphatic rings. The number of hydrogen-bond donors (Lipinski definition) is 2. The van der Waals surface area contributed by atoms with Crippen LogP contribution in [0, 0.1) is 6.92 Å². The van der Waals surface area contributed by atoms with Gasteiger partial charge in [0.15, 0.2) is 11.5 Å². The SMILES string of the molecule is COc1cc(CNc2cccc(C(=O)O)c2C)cc(OC)c1OC. The summed E-state index contributed by atoms with van der Waals surface area (Å²) < 4.78 is 16.0. The first kappa shape index (κ1) is 17.5. The Balaban J connectivity index is 2.27. The van der Waals surface area contributed by atoms with E-state index in [0.717, 1.165) is 11.3 Å². The van der Waals surface area contributed by atoms with E-state index < -0.39 is 5.97 Å². The summed E-state index contributed by atoms with van der Waals surface area (Å²) in [7, 11) is 4.68. The lowest BCUT2D eigenvalue weighted by atomic mass is 10.1. The van der Waals surface area contributed by atoms with Crippen molar-refractivity contribution in [3.05, 3.63) is 47.0 Å². The van der Waals surface area contributed by atoms with Gasteiger partial charge in [-0.3, -0.25) is 0 Å². The van der Waals surface area contributed by atoms with Crippen molar-refractivity contribution in [2.75, 3.05) is 26.6 Å². The lowest BCUT2D eigenvalue weighted by Crippen LogP contribution is -2.06. The highest BCUT2D eigenvalue weighted by Gasteiger charge is 2.14. The summed E-state index contributed by atoms with van der Waals surface area (Å²) in [4.78, 5) is 11.2. The predicted molar refractivity (Wildman–Crippen MR) is 91.6 cm³/mol. The molecule has 0 atom stereocenters. The molecular weight excluding hydrogens is 310 g/mol. The van der Waals surface area contributed by atoms with Gasteiger partial charge in [-0.2, -0.15) is 0 Å². The van der Waals surface area contributed by atoms with E-state index in [2.05, 4.69) is 5.32 Å². The number of rotatable bonds is 7. The van der Waals surface area contributed by atoms with Crippen molar-refractivity contribution in [3.63, 3.8) is 0 Å². The molecule has 2 aromatic carbocycles. The molecule has 24 heavy (non-hydrogen) atoms. The van der Waals surface area contributed by atoms with E-state index in [-0.39, 0.29) is 5.56 Å². The summed E-state index contributed by atoms with van der Waals surface area (Å²) in [6.07, 6.45) is 0. The minimum absolute atomic E-state index is 0.282. The number of methoxy groups -OCH3 is 3. The van der Waals surface area contributed by atoms with Crippen LogP contribution in [0.1, 0.15) is 21.5 Å². The van der Waals surface area contributed by atoms with Gasteiger partial charge in [-0.15, -0.1) is 0 Å². The van der Waals surface area contributed by atoms with Crippen LogP contribution in [0.4, 0.5) is 5.69 Å². The smallest absolute Gasteiger partial charge is 0.336 e. The summed E-state index contributed by atoms with van der Waals surface area (Å²) >= 11 is 0. The number of anilines is 1. The molecule has 0 bridgehead atoms. The van der Waals surface area contributed by atoms with E-state index in [1.165, 1.54) is 0 Å². The molecule has 2 aromatic rings. The van der Waals surface area contributed by atoms with Crippen LogP contribution >= 0.6 is 0 Å². The standard InChI is InChI=1S/C18H21NO5/c1-11-13(18(20)21)6-5-7-14(11)19-10-12-8-15(22-2)17(24-4)16(9-12)23-3/h5-9,19H,10H2,1-4H3,(H,20,21). The van der Waals surface area contributed by atoms with Crippen LogP contribution in [0.15, 0.2) is 30.3 Å². The molecule has 128 valence electrons. The van der Waals surface area contributed by atoms with Crippen molar-refractivity contribution >= 4 is 11.7 Å². The first-order chi connectivity index (χ1) is 11.5. The Bertz CT molecular complexity index is 717. The molecule has 0 aromatic heterocycles. The third kappa shape index (κ3) is 3.53. The zero-order valence-corrected chi connectivity index (χ0v) is 14.2. The summed E-state index contributed by atoms with van der Waals surface area (Å²) in [5.74, 6) is 0.742. The van der Waals surface area contributed by atoms with Crippen LogP contribution < -0.4 is 19.5 Å². The van der Waals surface area contributed by atoms with Crippen molar-refractivity contribution < 1.29 is 24.1 Å². The molecule has 6 heteroatoms. The first-order valence-corrected chi connectivity index (χ1v) is 7.37. The van der Waals surface area contributed by atoms with Gasteiger partial charge in [0.2, 0.25) is 5.75 Å². The Morgan fingerprint density at radius 2 is 1.71 bits per heavy atom. The molecule has 0 saturated carbocycles. The van der Waals surface area contributed by atoms with Crippen LogP contribution in [0.5, 0.6) is 17.2 Å². The molecule has 0 saturated heterocycles. The normalized spacial score (nSPS) is 10.2. The molecule has 2 rings (SSSR count). The van der Waals surface area contributed by atoms with Gasteiger partial charge in [0.1, 0.15) is 0 Å². The Hall–Kier alpha value is -2.89. The Morgan fingerprint density at radius 1 is 1.08 bits per heavy atom. The number of hydrogen-bond acceptors (Lipinski definition) is 5. The zero-order chi connectivity index (χ0) is 17.7. The van der Waals surface area contributed by atoms with Gasteiger partial charge >= 0.3 is 5.97 Å². The molecule has 0 aliphatic heterocycles. The van der Waals surface area contributed by atoms with Crippen LogP contribution in [-0.4, -0.2) is 32.4 Å². The van der Waals surface area contributed by atoms with Gasteiger partial charge in [0, 0.05) is 12.2 Å². The highest BCUT2D eigenvalue weighted by molar-refractivity contribution is 5.91. The van der Waals surface area contributed by atoms with Gasteiger partial charge in [-0.05, 0) is 42.3 Å². The predicted octanol–water partition coefficient (Wildman–Crippen LogP) is 3.33. The van der Waals surface area contributed by atoms with E-state index in [9.17, 15) is 9.90 Å². The fraction of sp³-hybridized carbons (Fsp3) is 0.278. The second-order valence-corrected chi connectivity index (χ2v) is 5.17. The lowest BCUT2D eigenvalue weighted by molar-refractivity contribution is 0.0696. The van der Waals surface area contributed by atoms with Crippen molar-refractivity contribution in [1.82, 2.24) is 0 Å². The lowest BCUT2D eigenvalue weighted by Gasteiger charge is -2.16. The third-order valence-electron chi connectivity index (χ3n) is 3.77. The van der Waals surface area contributed by atoms with Crippen LogP contribution in [0.3, 0.4) is 0 Å². The van der Waals surface area contributed by atoms with Crippen LogP contribution in [0.2, 0.25) is 0 Å². The zero-order valence-electron chi connectivity index (χ0n) is 14.2. The van der Waals surface area contributed by atoms with E-state index in [1.807, 2.05) is 18.2 Å². The van der Waals surface area contributed by atoms with Crippen molar-refractivity contribution in [2.45, 2.75) is 13.5 Å². The number of ether oxygens (including phenoxy) is 3. The van der Waals surface area contributed by atoms with Crippen molar-refractivity contribution in [1.29, 1.82) is 0 Å². The van der Waals surface area contributed by atoms with Crippen LogP contribution in [-0.2, 0) is 6.54 Å². The number of carboxylic acid groups (broad SMARTS) is 1. The Kier molecular flexibility index (Phi) is 5.52. The average Bonchev–Trinajstić information content (AvgIpc) is 2.59. The van der Waals surface area contributed by atoms with Gasteiger partial charge in [0.25, 0.3) is 0 Å². The number of aromatic carboxylic acids is 1. The fourth-order valence-corrected chi connectivity index (χ4v) is 2.49. The number of carboxylic acids is 1. The summed E-state index contributed by atoms with van der Waals surface area (Å²) in [5.41, 5.74) is 2.66. The molecular formula is C18H21NO5. The maximum Gasteiger partial charge on any atom is 0.336 e. The van der Waals surface area contributed by atoms with E-state index in [4.69, 9.17) is 14.2 Å². The topological polar surface area (TPSA) is 77.0 Å². The second kappa shape index (κ2) is 7.59. The largest absolute Gasteiger partial charge is 0.493 e. The first-order valence-electron chi connectivity index (χ1n) is 7.37. The highest BCUT2D eigenvalue weighted by atomic mass is 16.5. The number of nitrogens with one attached hydrogen (secondary N) is 1. The third-order valence-corrected chi connectivity index (χ3v) is 3.77. The Labute approximate surface area is 141 Å². The number of benzene rings is 2.